The summed E-state index contributed by atoms with van der Waals surface area (Å²) in [7, 11) is 3.64. The SMILES string of the molecule is CN(C)/C([S-])=N/N=C(/C(=N/NC([S-])=Nc1ccccc1)c1ccccc1)c1ccccc1.[Zn+2]. The number of benzene rings is 3. The van der Waals surface area contributed by atoms with Crippen LogP contribution in [-0.4, -0.2) is 40.8 Å². The number of hydrazone groups is 1. The van der Waals surface area contributed by atoms with Gasteiger partial charge in [-0.25, -0.2) is 0 Å². The number of para-hydroxylation sites is 1. The summed E-state index contributed by atoms with van der Waals surface area (Å²) in [5.41, 5.74) is 6.42. The molecule has 0 aliphatic heterocycles. The Labute approximate surface area is 218 Å². The average Bonchev–Trinajstić information content (AvgIpc) is 2.82. The molecule has 0 bridgehead atoms. The van der Waals surface area contributed by atoms with Crippen LogP contribution >= 0.6 is 0 Å². The van der Waals surface area contributed by atoms with Crippen molar-refractivity contribution in [2.45, 2.75) is 0 Å². The molecule has 0 spiro atoms. The molecule has 0 aliphatic carbocycles. The second-order valence-electron chi connectivity index (χ2n) is 6.78. The molecule has 0 fully saturated rings. The second kappa shape index (κ2) is 13.5. The van der Waals surface area contributed by atoms with Gasteiger partial charge in [-0.05, 0) is 12.1 Å². The van der Waals surface area contributed by atoms with Gasteiger partial charge in [0.25, 0.3) is 0 Å². The van der Waals surface area contributed by atoms with Gasteiger partial charge in [0.2, 0.25) is 0 Å². The Balaban J connectivity index is 0.00000385. The topological polar surface area (TPSA) is 64.7 Å². The molecule has 0 amide bonds. The maximum atomic E-state index is 5.37. The zero-order valence-corrected chi connectivity index (χ0v) is 23.0. The first kappa shape index (κ1) is 26.3. The third-order valence-electron chi connectivity index (χ3n) is 4.19. The fourth-order valence-corrected chi connectivity index (χ4v) is 2.81. The third-order valence-corrected chi connectivity index (χ3v) is 4.82. The molecule has 33 heavy (non-hydrogen) atoms. The molecule has 9 heteroatoms. The smallest absolute Gasteiger partial charge is 0.741 e. The molecule has 3 aromatic rings. The van der Waals surface area contributed by atoms with Crippen molar-refractivity contribution in [1.29, 1.82) is 0 Å². The van der Waals surface area contributed by atoms with Gasteiger partial charge in [0, 0.05) is 35.6 Å². The van der Waals surface area contributed by atoms with Gasteiger partial charge in [-0.3, -0.25) is 10.4 Å². The molecular weight excluding hydrogens is 502 g/mol. The molecule has 0 heterocycles. The van der Waals surface area contributed by atoms with Crippen LogP contribution in [0.1, 0.15) is 11.1 Å². The van der Waals surface area contributed by atoms with Crippen LogP contribution in [-0.2, 0) is 44.7 Å². The van der Waals surface area contributed by atoms with E-state index in [1.54, 1.807) is 4.90 Å². The zero-order valence-electron chi connectivity index (χ0n) is 18.4. The van der Waals surface area contributed by atoms with E-state index in [4.69, 9.17) is 25.3 Å². The predicted octanol–water partition coefficient (Wildman–Crippen LogP) is 4.08. The Bertz CT molecular complexity index is 1130. The minimum atomic E-state index is 0. The fraction of sp³-hybridized carbons (Fsp3) is 0.0833. The maximum absolute atomic E-state index is 5.37. The van der Waals surface area contributed by atoms with Crippen molar-refractivity contribution < 1.29 is 19.5 Å². The number of hydrogen-bond acceptors (Lipinski definition) is 6. The number of aliphatic imine (C=N–C) groups is 1. The Morgan fingerprint density at radius 1 is 0.697 bits per heavy atom. The van der Waals surface area contributed by atoms with Crippen LogP contribution in [0.15, 0.2) is 111 Å². The molecule has 0 unspecified atom stereocenters. The van der Waals surface area contributed by atoms with Crippen molar-refractivity contribution in [3.63, 3.8) is 0 Å². The summed E-state index contributed by atoms with van der Waals surface area (Å²) in [6.45, 7) is 0. The largest absolute Gasteiger partial charge is 2.00 e. The minimum absolute atomic E-state index is 0. The Hall–Kier alpha value is -3.00. The molecule has 162 valence electrons. The van der Waals surface area contributed by atoms with Crippen molar-refractivity contribution in [3.05, 3.63) is 102 Å². The van der Waals surface area contributed by atoms with Crippen LogP contribution in [0.4, 0.5) is 5.69 Å². The van der Waals surface area contributed by atoms with Gasteiger partial charge in [-0.15, -0.1) is 5.10 Å². The van der Waals surface area contributed by atoms with E-state index in [1.165, 1.54) is 0 Å². The Morgan fingerprint density at radius 2 is 1.18 bits per heavy atom. The van der Waals surface area contributed by atoms with Crippen LogP contribution in [0, 0.1) is 0 Å². The minimum Gasteiger partial charge on any atom is -0.741 e. The molecule has 0 aliphatic rings. The summed E-state index contributed by atoms with van der Waals surface area (Å²) in [5.74, 6) is 0. The van der Waals surface area contributed by atoms with Gasteiger partial charge in [0.15, 0.2) is 0 Å². The first-order valence-corrected chi connectivity index (χ1v) is 10.6. The number of amidine groups is 2. The summed E-state index contributed by atoms with van der Waals surface area (Å²) in [6, 6.07) is 28.8. The summed E-state index contributed by atoms with van der Waals surface area (Å²) in [4.78, 5) is 6.09. The van der Waals surface area contributed by atoms with E-state index in [2.05, 4.69) is 25.7 Å². The van der Waals surface area contributed by atoms with E-state index in [9.17, 15) is 0 Å². The molecule has 1 N–H and O–H groups in total. The summed E-state index contributed by atoms with van der Waals surface area (Å²) in [6.07, 6.45) is 0. The van der Waals surface area contributed by atoms with Crippen LogP contribution in [0.25, 0.3) is 0 Å². The van der Waals surface area contributed by atoms with Crippen LogP contribution in [0.3, 0.4) is 0 Å². The van der Waals surface area contributed by atoms with Gasteiger partial charge in [0.1, 0.15) is 11.4 Å². The van der Waals surface area contributed by atoms with Crippen LogP contribution in [0.2, 0.25) is 0 Å². The van der Waals surface area contributed by atoms with Crippen molar-refractivity contribution in [3.8, 4) is 0 Å². The number of rotatable bonds is 6. The third kappa shape index (κ3) is 8.13. The number of nitrogens with one attached hydrogen (secondary N) is 1. The Morgan fingerprint density at radius 3 is 1.70 bits per heavy atom. The summed E-state index contributed by atoms with van der Waals surface area (Å²) < 4.78 is 0. The first-order chi connectivity index (χ1) is 15.5. The maximum Gasteiger partial charge on any atom is 2.00 e. The van der Waals surface area contributed by atoms with E-state index in [0.29, 0.717) is 16.6 Å². The molecule has 6 nitrogen and oxygen atoms in total. The van der Waals surface area contributed by atoms with Crippen molar-refractivity contribution in [2.24, 2.45) is 20.3 Å². The zero-order chi connectivity index (χ0) is 22.8. The average molecular weight is 524 g/mol. The molecule has 0 radical (unpaired) electrons. The van der Waals surface area contributed by atoms with E-state index < -0.39 is 0 Å². The van der Waals surface area contributed by atoms with E-state index in [-0.39, 0.29) is 24.6 Å². The number of nitrogens with zero attached hydrogens (tertiary/aromatic N) is 5. The standard InChI is InChI=1S/C24H24N6S2.Zn/c1-30(2)24(32)29-27-22(19-14-8-4-9-15-19)21(18-12-6-3-7-13-18)26-28-23(31)25-20-16-10-5-11-17-20;/h3-17H,1-2H3,(H,29,32)(H2,25,28,31);/q;+2/p-2/b26-21+,27-22+;. The number of hydrogen-bond donors (Lipinski definition) is 1. The van der Waals surface area contributed by atoms with Crippen molar-refractivity contribution in [1.82, 2.24) is 10.3 Å². The van der Waals surface area contributed by atoms with E-state index >= 15 is 0 Å². The fourth-order valence-electron chi connectivity index (χ4n) is 2.62. The predicted molar refractivity (Wildman–Crippen MR) is 138 cm³/mol. The molecule has 0 saturated heterocycles. The summed E-state index contributed by atoms with van der Waals surface area (Å²) >= 11 is 10.7. The van der Waals surface area contributed by atoms with Gasteiger partial charge in [-0.2, -0.15) is 10.2 Å². The normalized spacial score (nSPS) is 12.7. The first-order valence-electron chi connectivity index (χ1n) is 9.80. The quantitative estimate of drug-likeness (QED) is 0.174. The second-order valence-corrected chi connectivity index (χ2v) is 7.53. The van der Waals surface area contributed by atoms with Crippen molar-refractivity contribution >= 4 is 52.7 Å². The Kier molecular flexibility index (Phi) is 10.8. The van der Waals surface area contributed by atoms with Crippen LogP contribution < -0.4 is 5.43 Å². The molecule has 0 aromatic heterocycles. The van der Waals surface area contributed by atoms with Gasteiger partial charge >= 0.3 is 19.5 Å². The molecule has 3 rings (SSSR count). The van der Waals surface area contributed by atoms with Gasteiger partial charge < -0.3 is 30.2 Å². The molecule has 3 aromatic carbocycles. The van der Waals surface area contributed by atoms with Gasteiger partial charge in [0.05, 0.1) is 5.69 Å². The molecule has 0 saturated carbocycles. The molecule has 0 atom stereocenters. The van der Waals surface area contributed by atoms with E-state index in [0.717, 1.165) is 16.8 Å². The van der Waals surface area contributed by atoms with Crippen LogP contribution in [0.5, 0.6) is 0 Å². The monoisotopic (exact) mass is 522 g/mol. The molecular formula is C24H22N6S2Zn. The summed E-state index contributed by atoms with van der Waals surface area (Å²) in [5, 5.41) is 13.9. The van der Waals surface area contributed by atoms with Crippen molar-refractivity contribution in [2.75, 3.05) is 14.1 Å². The van der Waals surface area contributed by atoms with Gasteiger partial charge in [-0.1, -0.05) is 78.9 Å². The van der Waals surface area contributed by atoms with E-state index in [1.807, 2.05) is 105 Å².